The topological polar surface area (TPSA) is 66.2 Å². The quantitative estimate of drug-likeness (QED) is 0.487. The molecule has 0 atom stereocenters. The van der Waals surface area contributed by atoms with Crippen molar-refractivity contribution in [2.75, 3.05) is 13.2 Å². The third kappa shape index (κ3) is 4.40. The van der Waals surface area contributed by atoms with Crippen LogP contribution in [0.15, 0.2) is 48.7 Å². The maximum absolute atomic E-state index is 12.1. The number of halogens is 1. The van der Waals surface area contributed by atoms with Gasteiger partial charge in [-0.25, -0.2) is 14.5 Å². The van der Waals surface area contributed by atoms with Crippen LogP contribution in [0.3, 0.4) is 0 Å². The second-order valence-corrected chi connectivity index (χ2v) is 6.12. The number of esters is 1. The molecule has 6 nitrogen and oxygen atoms in total. The molecule has 3 aromatic rings. The monoisotopic (exact) mass is 371 g/mol. The summed E-state index contributed by atoms with van der Waals surface area (Å²) in [4.78, 5) is 16.4. The van der Waals surface area contributed by atoms with Crippen LogP contribution in [0.5, 0.6) is 5.75 Å². The van der Waals surface area contributed by atoms with Gasteiger partial charge in [-0.2, -0.15) is 5.10 Å². The fourth-order valence-electron chi connectivity index (χ4n) is 2.43. The van der Waals surface area contributed by atoms with E-state index < -0.39 is 5.97 Å². The lowest BCUT2D eigenvalue weighted by Crippen LogP contribution is -2.13. The van der Waals surface area contributed by atoms with Crippen LogP contribution < -0.4 is 4.74 Å². The standard InChI is InChI=1S/C19H18ClN3O3/c1-13-10-14(2)23(22-13)18-7-6-15(12-21-18)19(24)26-9-8-25-17-5-3-4-16(20)11-17/h3-7,10-12H,8-9H2,1-2H3. The van der Waals surface area contributed by atoms with E-state index >= 15 is 0 Å². The number of hydrogen-bond donors (Lipinski definition) is 0. The van der Waals surface area contributed by atoms with Gasteiger partial charge in [-0.05, 0) is 50.2 Å². The van der Waals surface area contributed by atoms with Gasteiger partial charge in [0.25, 0.3) is 0 Å². The first kappa shape index (κ1) is 17.9. The predicted octanol–water partition coefficient (Wildman–Crippen LogP) is 3.77. The van der Waals surface area contributed by atoms with Crippen molar-refractivity contribution in [3.05, 3.63) is 70.6 Å². The molecule has 0 aliphatic carbocycles. The molecular formula is C19H18ClN3O3. The van der Waals surface area contributed by atoms with Crippen LogP contribution >= 0.6 is 11.6 Å². The molecule has 0 aliphatic rings. The van der Waals surface area contributed by atoms with Crippen molar-refractivity contribution in [2.45, 2.75) is 13.8 Å². The second-order valence-electron chi connectivity index (χ2n) is 5.69. The minimum absolute atomic E-state index is 0.130. The number of carbonyl (C=O) groups excluding carboxylic acids is 1. The zero-order valence-electron chi connectivity index (χ0n) is 14.5. The van der Waals surface area contributed by atoms with E-state index in [0.717, 1.165) is 11.4 Å². The average Bonchev–Trinajstić information content (AvgIpc) is 2.97. The largest absolute Gasteiger partial charge is 0.490 e. The molecule has 2 heterocycles. The third-order valence-corrected chi connectivity index (χ3v) is 3.83. The van der Waals surface area contributed by atoms with E-state index in [1.807, 2.05) is 19.9 Å². The maximum Gasteiger partial charge on any atom is 0.339 e. The smallest absolute Gasteiger partial charge is 0.339 e. The highest BCUT2D eigenvalue weighted by molar-refractivity contribution is 6.30. The summed E-state index contributed by atoms with van der Waals surface area (Å²) >= 11 is 5.88. The Morgan fingerprint density at radius 3 is 2.65 bits per heavy atom. The van der Waals surface area contributed by atoms with Gasteiger partial charge in [0.15, 0.2) is 5.82 Å². The Bertz CT molecular complexity index is 907. The van der Waals surface area contributed by atoms with Gasteiger partial charge in [0.05, 0.1) is 11.3 Å². The van der Waals surface area contributed by atoms with E-state index in [9.17, 15) is 4.79 Å². The van der Waals surface area contributed by atoms with E-state index in [0.29, 0.717) is 22.2 Å². The summed E-state index contributed by atoms with van der Waals surface area (Å²) in [5, 5.41) is 4.95. The molecule has 0 fully saturated rings. The van der Waals surface area contributed by atoms with E-state index in [1.54, 1.807) is 41.1 Å². The number of aryl methyl sites for hydroxylation is 2. The summed E-state index contributed by atoms with van der Waals surface area (Å²) < 4.78 is 12.4. The number of aromatic nitrogens is 3. The fraction of sp³-hybridized carbons (Fsp3) is 0.211. The number of rotatable bonds is 6. The fourth-order valence-corrected chi connectivity index (χ4v) is 2.61. The van der Waals surface area contributed by atoms with Crippen molar-refractivity contribution in [1.82, 2.24) is 14.8 Å². The lowest BCUT2D eigenvalue weighted by molar-refractivity contribution is 0.0450. The van der Waals surface area contributed by atoms with E-state index in [1.165, 1.54) is 6.20 Å². The Morgan fingerprint density at radius 2 is 2.00 bits per heavy atom. The molecule has 3 rings (SSSR count). The van der Waals surface area contributed by atoms with Crippen molar-refractivity contribution in [1.29, 1.82) is 0 Å². The van der Waals surface area contributed by atoms with Gasteiger partial charge in [0.1, 0.15) is 19.0 Å². The van der Waals surface area contributed by atoms with Crippen LogP contribution in [0.2, 0.25) is 5.02 Å². The molecular weight excluding hydrogens is 354 g/mol. The van der Waals surface area contributed by atoms with Gasteiger partial charge in [0.2, 0.25) is 0 Å². The van der Waals surface area contributed by atoms with E-state index in [4.69, 9.17) is 21.1 Å². The molecule has 7 heteroatoms. The van der Waals surface area contributed by atoms with Crippen molar-refractivity contribution >= 4 is 17.6 Å². The Hall–Kier alpha value is -2.86. The van der Waals surface area contributed by atoms with Crippen molar-refractivity contribution < 1.29 is 14.3 Å². The number of benzene rings is 1. The molecule has 0 N–H and O–H groups in total. The van der Waals surface area contributed by atoms with E-state index in [2.05, 4.69) is 10.1 Å². The Morgan fingerprint density at radius 1 is 1.15 bits per heavy atom. The molecule has 2 aromatic heterocycles. The zero-order valence-corrected chi connectivity index (χ0v) is 15.2. The van der Waals surface area contributed by atoms with Crippen LogP contribution in [0, 0.1) is 13.8 Å². The first-order chi connectivity index (χ1) is 12.5. The number of carbonyl (C=O) groups is 1. The molecule has 0 saturated carbocycles. The van der Waals surface area contributed by atoms with Crippen LogP contribution in [0.1, 0.15) is 21.7 Å². The molecule has 0 spiro atoms. The number of ether oxygens (including phenoxy) is 2. The molecule has 0 amide bonds. The van der Waals surface area contributed by atoms with Gasteiger partial charge in [-0.15, -0.1) is 0 Å². The highest BCUT2D eigenvalue weighted by atomic mass is 35.5. The minimum atomic E-state index is -0.452. The van der Waals surface area contributed by atoms with Gasteiger partial charge >= 0.3 is 5.97 Å². The first-order valence-electron chi connectivity index (χ1n) is 8.08. The van der Waals surface area contributed by atoms with Crippen LogP contribution in [-0.2, 0) is 4.74 Å². The molecule has 0 bridgehead atoms. The van der Waals surface area contributed by atoms with Gasteiger partial charge in [-0.3, -0.25) is 0 Å². The molecule has 0 radical (unpaired) electrons. The summed E-state index contributed by atoms with van der Waals surface area (Å²) in [6, 6.07) is 12.4. The van der Waals surface area contributed by atoms with Crippen LogP contribution in [0.4, 0.5) is 0 Å². The first-order valence-corrected chi connectivity index (χ1v) is 8.46. The van der Waals surface area contributed by atoms with Gasteiger partial charge in [0, 0.05) is 16.9 Å². The van der Waals surface area contributed by atoms with Crippen molar-refractivity contribution in [3.63, 3.8) is 0 Å². The number of nitrogens with zero attached hydrogens (tertiary/aromatic N) is 3. The van der Waals surface area contributed by atoms with E-state index in [-0.39, 0.29) is 13.2 Å². The van der Waals surface area contributed by atoms with Crippen LogP contribution in [0.25, 0.3) is 5.82 Å². The third-order valence-electron chi connectivity index (χ3n) is 3.59. The normalized spacial score (nSPS) is 10.6. The maximum atomic E-state index is 12.1. The number of hydrogen-bond acceptors (Lipinski definition) is 5. The summed E-state index contributed by atoms with van der Waals surface area (Å²) in [5.41, 5.74) is 2.26. The summed E-state index contributed by atoms with van der Waals surface area (Å²) in [6.07, 6.45) is 1.48. The summed E-state index contributed by atoms with van der Waals surface area (Å²) in [5.74, 6) is 0.827. The average molecular weight is 372 g/mol. The Labute approximate surface area is 156 Å². The van der Waals surface area contributed by atoms with Gasteiger partial charge in [-0.1, -0.05) is 17.7 Å². The summed E-state index contributed by atoms with van der Waals surface area (Å²) in [7, 11) is 0. The number of pyridine rings is 1. The highest BCUT2D eigenvalue weighted by Crippen LogP contribution is 2.17. The lowest BCUT2D eigenvalue weighted by Gasteiger charge is -2.08. The molecule has 26 heavy (non-hydrogen) atoms. The van der Waals surface area contributed by atoms with Gasteiger partial charge < -0.3 is 9.47 Å². The van der Waals surface area contributed by atoms with Crippen LogP contribution in [-0.4, -0.2) is 33.9 Å². The minimum Gasteiger partial charge on any atom is -0.490 e. The Kier molecular flexibility index (Phi) is 5.53. The molecule has 1 aromatic carbocycles. The molecule has 0 unspecified atom stereocenters. The van der Waals surface area contributed by atoms with Crippen molar-refractivity contribution in [2.24, 2.45) is 0 Å². The lowest BCUT2D eigenvalue weighted by atomic mass is 10.3. The molecule has 0 saturated heterocycles. The SMILES string of the molecule is Cc1cc(C)n(-c2ccc(C(=O)OCCOc3cccc(Cl)c3)cn2)n1. The second kappa shape index (κ2) is 8.01. The zero-order chi connectivity index (χ0) is 18.5. The predicted molar refractivity (Wildman–Crippen MR) is 98.1 cm³/mol. The van der Waals surface area contributed by atoms with Crippen molar-refractivity contribution in [3.8, 4) is 11.6 Å². The molecule has 0 aliphatic heterocycles. The molecule has 134 valence electrons. The Balaban J connectivity index is 1.52. The highest BCUT2D eigenvalue weighted by Gasteiger charge is 2.10. The summed E-state index contributed by atoms with van der Waals surface area (Å²) in [6.45, 7) is 4.23.